The number of hydrogen-bond donors (Lipinski definition) is 2. The van der Waals surface area contributed by atoms with E-state index in [-0.39, 0.29) is 17.5 Å². The number of nitrogens with zero attached hydrogens (tertiary/aromatic N) is 1. The second-order valence-electron chi connectivity index (χ2n) is 7.69. The summed E-state index contributed by atoms with van der Waals surface area (Å²) in [6, 6.07) is 13.3. The molecule has 1 fully saturated rings. The van der Waals surface area contributed by atoms with Crippen LogP contribution in [0.25, 0.3) is 0 Å². The van der Waals surface area contributed by atoms with Crippen LogP contribution in [0.2, 0.25) is 0 Å². The van der Waals surface area contributed by atoms with E-state index in [1.165, 1.54) is 0 Å². The van der Waals surface area contributed by atoms with Crippen molar-refractivity contribution in [3.63, 3.8) is 0 Å². The second kappa shape index (κ2) is 8.97. The summed E-state index contributed by atoms with van der Waals surface area (Å²) in [5.41, 5.74) is 2.38. The predicted octanol–water partition coefficient (Wildman–Crippen LogP) is 2.92. The van der Waals surface area contributed by atoms with Gasteiger partial charge < -0.3 is 10.4 Å². The highest BCUT2D eigenvalue weighted by Gasteiger charge is 2.30. The van der Waals surface area contributed by atoms with E-state index in [4.69, 9.17) is 0 Å². The average molecular weight is 417 g/mol. The molecule has 2 aromatic rings. The van der Waals surface area contributed by atoms with Crippen molar-refractivity contribution in [2.45, 2.75) is 56.6 Å². The van der Waals surface area contributed by atoms with Crippen LogP contribution in [0.5, 0.6) is 0 Å². The molecule has 2 N–H and O–H groups in total. The zero-order valence-corrected chi connectivity index (χ0v) is 17.7. The third-order valence-electron chi connectivity index (χ3n) is 5.29. The summed E-state index contributed by atoms with van der Waals surface area (Å²) in [7, 11) is -3.92. The highest BCUT2D eigenvalue weighted by molar-refractivity contribution is 7.92. The number of aryl methyl sites for hydroxylation is 2. The fraction of sp³-hybridized carbons (Fsp3) is 0.409. The number of amides is 1. The molecule has 29 heavy (non-hydrogen) atoms. The van der Waals surface area contributed by atoms with Crippen LogP contribution in [0, 0.1) is 13.8 Å². The Kier molecular flexibility index (Phi) is 6.59. The average Bonchev–Trinajstić information content (AvgIpc) is 2.69. The van der Waals surface area contributed by atoms with Crippen molar-refractivity contribution in [2.24, 2.45) is 0 Å². The molecule has 0 unspecified atom stereocenters. The van der Waals surface area contributed by atoms with Crippen molar-refractivity contribution in [3.8, 4) is 0 Å². The molecule has 1 saturated carbocycles. The van der Waals surface area contributed by atoms with Crippen molar-refractivity contribution < 1.29 is 18.3 Å². The van der Waals surface area contributed by atoms with Crippen LogP contribution < -0.4 is 9.62 Å². The number of hydrogen-bond acceptors (Lipinski definition) is 4. The molecule has 1 amide bonds. The SMILES string of the molecule is Cc1ccc(N(CC(=O)N[C@@H]2CCCC[C@@H]2O)S(=O)(=O)c2ccc(C)cc2)cc1. The lowest BCUT2D eigenvalue weighted by atomic mass is 9.92. The molecular weight excluding hydrogens is 388 g/mol. The summed E-state index contributed by atoms with van der Waals surface area (Å²) >= 11 is 0. The quantitative estimate of drug-likeness (QED) is 0.758. The Labute approximate surface area is 172 Å². The Hall–Kier alpha value is -2.38. The van der Waals surface area contributed by atoms with Gasteiger partial charge in [0.1, 0.15) is 6.54 Å². The Morgan fingerprint density at radius 1 is 1.00 bits per heavy atom. The maximum absolute atomic E-state index is 13.3. The van der Waals surface area contributed by atoms with Gasteiger partial charge in [0.15, 0.2) is 0 Å². The van der Waals surface area contributed by atoms with Crippen molar-refractivity contribution in [1.29, 1.82) is 0 Å². The first-order chi connectivity index (χ1) is 13.8. The van der Waals surface area contributed by atoms with E-state index < -0.39 is 22.0 Å². The van der Waals surface area contributed by atoms with Gasteiger partial charge in [-0.3, -0.25) is 9.10 Å². The van der Waals surface area contributed by atoms with Crippen molar-refractivity contribution in [3.05, 3.63) is 59.7 Å². The van der Waals surface area contributed by atoms with Gasteiger partial charge in [-0.2, -0.15) is 0 Å². The number of aliphatic hydroxyl groups is 1. The van der Waals surface area contributed by atoms with E-state index in [0.29, 0.717) is 18.5 Å². The molecule has 156 valence electrons. The maximum Gasteiger partial charge on any atom is 0.264 e. The van der Waals surface area contributed by atoms with Gasteiger partial charge in [0.05, 0.1) is 22.7 Å². The Bertz CT molecular complexity index is 940. The summed E-state index contributed by atoms with van der Waals surface area (Å²) in [5.74, 6) is -0.424. The Balaban J connectivity index is 1.87. The molecule has 0 spiro atoms. The van der Waals surface area contributed by atoms with Gasteiger partial charge in [0.2, 0.25) is 5.91 Å². The number of nitrogens with one attached hydrogen (secondary N) is 1. The molecule has 0 bridgehead atoms. The summed E-state index contributed by atoms with van der Waals surface area (Å²) in [4.78, 5) is 12.8. The molecule has 0 heterocycles. The number of benzene rings is 2. The first kappa shape index (κ1) is 21.3. The highest BCUT2D eigenvalue weighted by Crippen LogP contribution is 2.25. The zero-order chi connectivity index (χ0) is 21.0. The lowest BCUT2D eigenvalue weighted by Gasteiger charge is -2.30. The molecule has 3 rings (SSSR count). The van der Waals surface area contributed by atoms with Gasteiger partial charge in [-0.1, -0.05) is 48.2 Å². The standard InChI is InChI=1S/C22H28N2O4S/c1-16-7-11-18(12-8-16)24(29(27,28)19-13-9-17(2)10-14-19)15-22(26)23-20-5-3-4-6-21(20)25/h7-14,20-21,25H,3-6,15H2,1-2H3,(H,23,26)/t20-,21+/m1/s1. The van der Waals surface area contributed by atoms with Crippen LogP contribution in [0.4, 0.5) is 5.69 Å². The topological polar surface area (TPSA) is 86.7 Å². The minimum Gasteiger partial charge on any atom is -0.391 e. The van der Waals surface area contributed by atoms with Crippen LogP contribution in [0.3, 0.4) is 0 Å². The second-order valence-corrected chi connectivity index (χ2v) is 9.55. The van der Waals surface area contributed by atoms with Crippen LogP contribution in [0.15, 0.2) is 53.4 Å². The minimum atomic E-state index is -3.92. The number of sulfonamides is 1. The fourth-order valence-corrected chi connectivity index (χ4v) is 4.95. The number of anilines is 1. The van der Waals surface area contributed by atoms with Gasteiger partial charge in [0, 0.05) is 0 Å². The molecule has 1 aliphatic carbocycles. The zero-order valence-electron chi connectivity index (χ0n) is 16.8. The lowest BCUT2D eigenvalue weighted by molar-refractivity contribution is -0.121. The monoisotopic (exact) mass is 416 g/mol. The maximum atomic E-state index is 13.3. The van der Waals surface area contributed by atoms with Gasteiger partial charge in [-0.25, -0.2) is 8.42 Å². The molecule has 6 nitrogen and oxygen atoms in total. The molecule has 0 aliphatic heterocycles. The summed E-state index contributed by atoms with van der Waals surface area (Å²) in [6.45, 7) is 3.46. The van der Waals surface area contributed by atoms with E-state index in [1.807, 2.05) is 26.0 Å². The van der Waals surface area contributed by atoms with Crippen molar-refractivity contribution >= 4 is 21.6 Å². The smallest absolute Gasteiger partial charge is 0.264 e. The Morgan fingerprint density at radius 2 is 1.55 bits per heavy atom. The van der Waals surface area contributed by atoms with E-state index in [1.54, 1.807) is 36.4 Å². The summed E-state index contributed by atoms with van der Waals surface area (Å²) < 4.78 is 27.8. The van der Waals surface area contributed by atoms with Crippen molar-refractivity contribution in [2.75, 3.05) is 10.8 Å². The van der Waals surface area contributed by atoms with E-state index in [0.717, 1.165) is 28.3 Å². The predicted molar refractivity (Wildman–Crippen MR) is 113 cm³/mol. The van der Waals surface area contributed by atoms with Gasteiger partial charge in [0.25, 0.3) is 10.0 Å². The number of carbonyl (C=O) groups excluding carboxylic acids is 1. The van der Waals surface area contributed by atoms with E-state index >= 15 is 0 Å². The van der Waals surface area contributed by atoms with Gasteiger partial charge in [-0.05, 0) is 51.0 Å². The van der Waals surface area contributed by atoms with Gasteiger partial charge >= 0.3 is 0 Å². The molecule has 7 heteroatoms. The van der Waals surface area contributed by atoms with E-state index in [2.05, 4.69) is 5.32 Å². The highest BCUT2D eigenvalue weighted by atomic mass is 32.2. The first-order valence-corrected chi connectivity index (χ1v) is 11.3. The summed E-state index contributed by atoms with van der Waals surface area (Å²) in [6.07, 6.45) is 2.63. The molecule has 0 aromatic heterocycles. The number of carbonyl (C=O) groups is 1. The van der Waals surface area contributed by atoms with Crippen LogP contribution in [0.1, 0.15) is 36.8 Å². The van der Waals surface area contributed by atoms with Crippen LogP contribution >= 0.6 is 0 Å². The summed E-state index contributed by atoms with van der Waals surface area (Å²) in [5, 5.41) is 12.9. The lowest BCUT2D eigenvalue weighted by Crippen LogP contribution is -2.49. The third kappa shape index (κ3) is 5.16. The number of aliphatic hydroxyl groups excluding tert-OH is 1. The molecule has 2 aromatic carbocycles. The number of rotatable bonds is 6. The third-order valence-corrected chi connectivity index (χ3v) is 7.08. The fourth-order valence-electron chi connectivity index (χ4n) is 3.53. The largest absolute Gasteiger partial charge is 0.391 e. The minimum absolute atomic E-state index is 0.133. The normalized spacial score (nSPS) is 19.6. The molecule has 2 atom stereocenters. The van der Waals surface area contributed by atoms with Crippen LogP contribution in [-0.4, -0.2) is 38.1 Å². The molecular formula is C22H28N2O4S. The molecule has 0 saturated heterocycles. The van der Waals surface area contributed by atoms with Crippen LogP contribution in [-0.2, 0) is 14.8 Å². The Morgan fingerprint density at radius 3 is 2.14 bits per heavy atom. The molecule has 0 radical (unpaired) electrons. The molecule has 1 aliphatic rings. The van der Waals surface area contributed by atoms with Crippen molar-refractivity contribution in [1.82, 2.24) is 5.32 Å². The van der Waals surface area contributed by atoms with Gasteiger partial charge in [-0.15, -0.1) is 0 Å². The van der Waals surface area contributed by atoms with E-state index in [9.17, 15) is 18.3 Å². The first-order valence-electron chi connectivity index (χ1n) is 9.91.